The molecular weight excluding hydrogens is 260 g/mol. The van der Waals surface area contributed by atoms with E-state index >= 15 is 0 Å². The molecule has 1 fully saturated rings. The Morgan fingerprint density at radius 2 is 1.62 bits per heavy atom. The maximum Gasteiger partial charge on any atom is 0.195 e. The molecule has 2 nitrogen and oxygen atoms in total. The highest BCUT2D eigenvalue weighted by Gasteiger charge is 2.51. The fourth-order valence-corrected chi connectivity index (χ4v) is 3.46. The molecule has 3 aromatic rings. The summed E-state index contributed by atoms with van der Waals surface area (Å²) >= 11 is 0. The molecule has 0 amide bonds. The molecule has 2 heteroatoms. The summed E-state index contributed by atoms with van der Waals surface area (Å²) in [4.78, 5) is 12.4. The molecule has 2 aliphatic rings. The van der Waals surface area contributed by atoms with Crippen molar-refractivity contribution < 1.29 is 9.53 Å². The van der Waals surface area contributed by atoms with Gasteiger partial charge in [0.1, 0.15) is 6.10 Å². The van der Waals surface area contributed by atoms with E-state index in [-0.39, 0.29) is 18.0 Å². The Morgan fingerprint density at radius 3 is 2.48 bits per heavy atom. The molecule has 2 atom stereocenters. The molecule has 5 rings (SSSR count). The summed E-state index contributed by atoms with van der Waals surface area (Å²) in [5, 5.41) is 2.19. The predicted molar refractivity (Wildman–Crippen MR) is 81.3 cm³/mol. The van der Waals surface area contributed by atoms with Gasteiger partial charge in [-0.25, -0.2) is 0 Å². The van der Waals surface area contributed by atoms with Crippen LogP contribution in [0.25, 0.3) is 21.9 Å². The van der Waals surface area contributed by atoms with Crippen molar-refractivity contribution in [1.82, 2.24) is 0 Å². The summed E-state index contributed by atoms with van der Waals surface area (Å²) in [6, 6.07) is 20.5. The Hall–Kier alpha value is -2.45. The van der Waals surface area contributed by atoms with E-state index in [9.17, 15) is 4.79 Å². The fourth-order valence-electron chi connectivity index (χ4n) is 3.46. The first kappa shape index (κ1) is 11.2. The van der Waals surface area contributed by atoms with Crippen LogP contribution in [0.15, 0.2) is 60.7 Å². The minimum absolute atomic E-state index is 0.0636. The van der Waals surface area contributed by atoms with E-state index < -0.39 is 0 Å². The van der Waals surface area contributed by atoms with Crippen LogP contribution in [-0.4, -0.2) is 11.9 Å². The Balaban J connectivity index is 1.92. The van der Waals surface area contributed by atoms with Crippen molar-refractivity contribution in [3.05, 3.63) is 71.8 Å². The highest BCUT2D eigenvalue weighted by atomic mass is 16.6. The largest absolute Gasteiger partial charge is 0.356 e. The minimum Gasteiger partial charge on any atom is -0.356 e. The van der Waals surface area contributed by atoms with E-state index in [0.29, 0.717) is 0 Å². The van der Waals surface area contributed by atoms with E-state index in [1.165, 1.54) is 16.7 Å². The third-order valence-electron chi connectivity index (χ3n) is 4.47. The van der Waals surface area contributed by atoms with E-state index in [1.807, 2.05) is 30.3 Å². The summed E-state index contributed by atoms with van der Waals surface area (Å²) in [5.41, 5.74) is 4.33. The van der Waals surface area contributed by atoms with Crippen molar-refractivity contribution in [2.24, 2.45) is 0 Å². The van der Waals surface area contributed by atoms with Gasteiger partial charge in [0.25, 0.3) is 0 Å². The van der Waals surface area contributed by atoms with Gasteiger partial charge in [0.05, 0.1) is 0 Å². The van der Waals surface area contributed by atoms with Crippen LogP contribution in [0.4, 0.5) is 0 Å². The number of ketones is 1. The molecule has 3 aromatic carbocycles. The average molecular weight is 272 g/mol. The second-order valence-electron chi connectivity index (χ2n) is 5.64. The second-order valence-corrected chi connectivity index (χ2v) is 5.64. The van der Waals surface area contributed by atoms with Crippen molar-refractivity contribution >= 4 is 16.6 Å². The van der Waals surface area contributed by atoms with E-state index in [4.69, 9.17) is 4.74 Å². The van der Waals surface area contributed by atoms with Crippen LogP contribution in [0, 0.1) is 0 Å². The van der Waals surface area contributed by atoms with Gasteiger partial charge < -0.3 is 4.74 Å². The lowest BCUT2D eigenvalue weighted by Gasteiger charge is -2.17. The number of ether oxygens (including phenoxy) is 1. The lowest BCUT2D eigenvalue weighted by atomic mass is 9.83. The summed E-state index contributed by atoms with van der Waals surface area (Å²) in [7, 11) is 0. The SMILES string of the molecule is O=C1c2cccc3ccc(-c4ccccc4)c(c23)C2OC12. The monoisotopic (exact) mass is 272 g/mol. The Morgan fingerprint density at radius 1 is 0.762 bits per heavy atom. The highest BCUT2D eigenvalue weighted by Crippen LogP contribution is 2.52. The molecule has 1 aliphatic carbocycles. The zero-order valence-corrected chi connectivity index (χ0v) is 11.2. The standard InChI is InChI=1S/C19H12O2/c20-17-14-8-4-7-12-9-10-13(11-5-2-1-3-6-11)16(15(12)14)18-19(17)21-18/h1-10,18-19H. The van der Waals surface area contributed by atoms with Gasteiger partial charge >= 0.3 is 0 Å². The van der Waals surface area contributed by atoms with Gasteiger partial charge in [0.15, 0.2) is 11.9 Å². The Kier molecular flexibility index (Phi) is 2.04. The molecule has 0 bridgehead atoms. The number of fused-ring (bicyclic) bond motifs is 2. The highest BCUT2D eigenvalue weighted by molar-refractivity contribution is 6.16. The minimum atomic E-state index is -0.270. The molecule has 0 radical (unpaired) electrons. The second kappa shape index (κ2) is 3.80. The molecule has 0 aromatic heterocycles. The van der Waals surface area contributed by atoms with Crippen molar-refractivity contribution in [2.45, 2.75) is 12.2 Å². The van der Waals surface area contributed by atoms with Crippen LogP contribution < -0.4 is 0 Å². The fraction of sp³-hybridized carbons (Fsp3) is 0.105. The molecule has 1 saturated heterocycles. The first-order valence-corrected chi connectivity index (χ1v) is 7.15. The molecule has 2 unspecified atom stereocenters. The maximum absolute atomic E-state index is 12.4. The van der Waals surface area contributed by atoms with Gasteiger partial charge in [-0.3, -0.25) is 4.79 Å². The lowest BCUT2D eigenvalue weighted by molar-refractivity contribution is 0.0955. The van der Waals surface area contributed by atoms with Crippen LogP contribution in [0.2, 0.25) is 0 Å². The Bertz CT molecular complexity index is 896. The van der Waals surface area contributed by atoms with Crippen molar-refractivity contribution in [1.29, 1.82) is 0 Å². The first-order valence-electron chi connectivity index (χ1n) is 7.15. The summed E-state index contributed by atoms with van der Waals surface area (Å²) < 4.78 is 5.68. The molecule has 0 spiro atoms. The molecule has 1 heterocycles. The number of rotatable bonds is 1. The normalized spacial score (nSPS) is 22.2. The van der Waals surface area contributed by atoms with E-state index in [0.717, 1.165) is 16.3 Å². The van der Waals surface area contributed by atoms with Gasteiger partial charge in [0, 0.05) is 11.1 Å². The van der Waals surface area contributed by atoms with Crippen LogP contribution in [0.3, 0.4) is 0 Å². The van der Waals surface area contributed by atoms with E-state index in [1.54, 1.807) is 0 Å². The lowest BCUT2D eigenvalue weighted by Crippen LogP contribution is -2.14. The van der Waals surface area contributed by atoms with Gasteiger partial charge in [-0.1, -0.05) is 60.7 Å². The van der Waals surface area contributed by atoms with Crippen LogP contribution in [-0.2, 0) is 4.74 Å². The van der Waals surface area contributed by atoms with Crippen molar-refractivity contribution in [3.63, 3.8) is 0 Å². The number of benzene rings is 3. The summed E-state index contributed by atoms with van der Waals surface area (Å²) in [5.74, 6) is 0.128. The summed E-state index contributed by atoms with van der Waals surface area (Å²) in [6.07, 6.45) is -0.334. The molecule has 0 N–H and O–H groups in total. The van der Waals surface area contributed by atoms with Crippen LogP contribution in [0.5, 0.6) is 0 Å². The predicted octanol–water partition coefficient (Wildman–Crippen LogP) is 4.14. The number of carbonyl (C=O) groups excluding carboxylic acids is 1. The maximum atomic E-state index is 12.4. The Labute approximate surface area is 122 Å². The number of hydrogen-bond acceptors (Lipinski definition) is 2. The molecule has 21 heavy (non-hydrogen) atoms. The first-order chi connectivity index (χ1) is 10.3. The van der Waals surface area contributed by atoms with Gasteiger partial charge in [-0.2, -0.15) is 0 Å². The smallest absolute Gasteiger partial charge is 0.195 e. The molecule has 1 aliphatic heterocycles. The number of Topliss-reactive ketones (excluding diaryl/α,β-unsaturated/α-hetero) is 1. The van der Waals surface area contributed by atoms with Crippen molar-refractivity contribution in [2.75, 3.05) is 0 Å². The molecule has 100 valence electrons. The van der Waals surface area contributed by atoms with Gasteiger partial charge in [-0.15, -0.1) is 0 Å². The average Bonchev–Trinajstić information content (AvgIpc) is 3.33. The third kappa shape index (κ3) is 1.43. The number of carbonyl (C=O) groups is 1. The topological polar surface area (TPSA) is 29.6 Å². The molecule has 0 saturated carbocycles. The van der Waals surface area contributed by atoms with Crippen LogP contribution >= 0.6 is 0 Å². The summed E-state index contributed by atoms with van der Waals surface area (Å²) in [6.45, 7) is 0. The zero-order valence-electron chi connectivity index (χ0n) is 11.2. The number of epoxide rings is 1. The van der Waals surface area contributed by atoms with Crippen molar-refractivity contribution in [3.8, 4) is 11.1 Å². The number of hydrogen-bond donors (Lipinski definition) is 0. The van der Waals surface area contributed by atoms with Crippen LogP contribution in [0.1, 0.15) is 22.0 Å². The van der Waals surface area contributed by atoms with Gasteiger partial charge in [-0.05, 0) is 21.9 Å². The molecular formula is C19H12O2. The zero-order chi connectivity index (χ0) is 14.0. The quantitative estimate of drug-likeness (QED) is 0.623. The third-order valence-corrected chi connectivity index (χ3v) is 4.47. The van der Waals surface area contributed by atoms with E-state index in [2.05, 4.69) is 30.3 Å². The van der Waals surface area contributed by atoms with Gasteiger partial charge in [0.2, 0.25) is 0 Å².